The number of hydrogen-bond donors (Lipinski definition) is 1. The zero-order chi connectivity index (χ0) is 12.8. The first-order chi connectivity index (χ1) is 8.10. The first-order valence-corrected chi connectivity index (χ1v) is 6.34. The van der Waals surface area contributed by atoms with Gasteiger partial charge < -0.3 is 10.6 Å². The highest BCUT2D eigenvalue weighted by Crippen LogP contribution is 2.21. The average molecular weight is 297 g/mol. The Bertz CT molecular complexity index is 418. The summed E-state index contributed by atoms with van der Waals surface area (Å²) >= 11 is 3.37. The minimum absolute atomic E-state index is 0.0223. The molecule has 0 aliphatic heterocycles. The molecule has 0 unspecified atom stereocenters. The monoisotopic (exact) mass is 296 g/mol. The number of nitrogens with two attached hydrogens (primary N) is 1. The van der Waals surface area contributed by atoms with Gasteiger partial charge in [0.1, 0.15) is 0 Å². The Labute approximate surface area is 110 Å². The van der Waals surface area contributed by atoms with Crippen molar-refractivity contribution in [2.75, 3.05) is 18.8 Å². The summed E-state index contributed by atoms with van der Waals surface area (Å²) in [5, 5.41) is 0. The van der Waals surface area contributed by atoms with Crippen LogP contribution in [0, 0.1) is 0 Å². The second-order valence-corrected chi connectivity index (χ2v) is 4.63. The van der Waals surface area contributed by atoms with Crippen molar-refractivity contribution in [2.45, 2.75) is 13.3 Å². The Morgan fingerprint density at radius 1 is 1.59 bits per heavy atom. The van der Waals surface area contributed by atoms with E-state index in [1.807, 2.05) is 6.92 Å². The highest BCUT2D eigenvalue weighted by atomic mass is 79.9. The number of nitrogen functional groups attached to an aromatic ring is 1. The van der Waals surface area contributed by atoms with Gasteiger partial charge in [0.05, 0.1) is 5.56 Å². The summed E-state index contributed by atoms with van der Waals surface area (Å²) in [6, 6.07) is 5.25. The Balaban J connectivity index is 2.99. The summed E-state index contributed by atoms with van der Waals surface area (Å²) in [5.74, 6) is -0.0223. The summed E-state index contributed by atoms with van der Waals surface area (Å²) in [5.41, 5.74) is 6.89. The van der Waals surface area contributed by atoms with Crippen LogP contribution >= 0.6 is 15.9 Å². The Morgan fingerprint density at radius 3 is 2.88 bits per heavy atom. The molecule has 1 rings (SSSR count). The fourth-order valence-electron chi connectivity index (χ4n) is 1.58. The van der Waals surface area contributed by atoms with E-state index >= 15 is 0 Å². The molecular formula is C13H17BrN2O. The molecule has 0 radical (unpaired) electrons. The molecule has 0 aromatic heterocycles. The molecule has 0 fully saturated rings. The van der Waals surface area contributed by atoms with Crippen LogP contribution in [0.3, 0.4) is 0 Å². The van der Waals surface area contributed by atoms with Crippen molar-refractivity contribution < 1.29 is 4.79 Å². The van der Waals surface area contributed by atoms with Crippen molar-refractivity contribution in [1.82, 2.24) is 4.90 Å². The Kier molecular flexibility index (Phi) is 5.22. The molecule has 0 aliphatic rings. The molecule has 0 saturated heterocycles. The third-order valence-corrected chi connectivity index (χ3v) is 3.04. The second kappa shape index (κ2) is 6.45. The molecule has 1 aromatic carbocycles. The van der Waals surface area contributed by atoms with Crippen LogP contribution < -0.4 is 5.73 Å². The van der Waals surface area contributed by atoms with E-state index in [1.54, 1.807) is 29.2 Å². The molecule has 0 aliphatic carbocycles. The molecule has 92 valence electrons. The molecule has 2 N–H and O–H groups in total. The molecule has 0 heterocycles. The molecule has 0 saturated carbocycles. The quantitative estimate of drug-likeness (QED) is 0.670. The third kappa shape index (κ3) is 3.60. The maximum atomic E-state index is 12.3. The van der Waals surface area contributed by atoms with E-state index < -0.39 is 0 Å². The number of hydrogen-bond acceptors (Lipinski definition) is 2. The third-order valence-electron chi connectivity index (χ3n) is 2.35. The van der Waals surface area contributed by atoms with E-state index in [1.165, 1.54) is 0 Å². The molecule has 0 spiro atoms. The van der Waals surface area contributed by atoms with Crippen LogP contribution in [-0.2, 0) is 0 Å². The van der Waals surface area contributed by atoms with Gasteiger partial charge in [-0.1, -0.05) is 13.0 Å². The van der Waals surface area contributed by atoms with Crippen LogP contribution in [0.1, 0.15) is 23.7 Å². The Hall–Kier alpha value is -1.29. The van der Waals surface area contributed by atoms with Gasteiger partial charge in [0, 0.05) is 23.2 Å². The number of anilines is 1. The molecule has 4 heteroatoms. The van der Waals surface area contributed by atoms with E-state index in [0.29, 0.717) is 24.3 Å². The SMILES string of the molecule is C=CCN(CCC)C(=O)c1cc(N)ccc1Br. The van der Waals surface area contributed by atoms with Gasteiger partial charge in [0.15, 0.2) is 0 Å². The summed E-state index contributed by atoms with van der Waals surface area (Å²) in [7, 11) is 0. The minimum Gasteiger partial charge on any atom is -0.399 e. The number of amides is 1. The van der Waals surface area contributed by atoms with E-state index in [4.69, 9.17) is 5.73 Å². The van der Waals surface area contributed by atoms with Crippen molar-refractivity contribution in [2.24, 2.45) is 0 Å². The maximum absolute atomic E-state index is 12.3. The topological polar surface area (TPSA) is 46.3 Å². The first kappa shape index (κ1) is 13.8. The molecule has 0 atom stereocenters. The predicted octanol–water partition coefficient (Wildman–Crippen LogP) is 3.07. The number of halogens is 1. The fourth-order valence-corrected chi connectivity index (χ4v) is 1.99. The van der Waals surface area contributed by atoms with E-state index in [2.05, 4.69) is 22.5 Å². The zero-order valence-corrected chi connectivity index (χ0v) is 11.5. The van der Waals surface area contributed by atoms with Crippen LogP contribution in [0.15, 0.2) is 35.3 Å². The van der Waals surface area contributed by atoms with Crippen LogP contribution in [0.2, 0.25) is 0 Å². The average Bonchev–Trinajstić information content (AvgIpc) is 2.31. The highest BCUT2D eigenvalue weighted by Gasteiger charge is 2.16. The lowest BCUT2D eigenvalue weighted by molar-refractivity contribution is 0.0773. The smallest absolute Gasteiger partial charge is 0.255 e. The Morgan fingerprint density at radius 2 is 2.29 bits per heavy atom. The molecule has 0 bridgehead atoms. The van der Waals surface area contributed by atoms with Crippen molar-refractivity contribution >= 4 is 27.5 Å². The van der Waals surface area contributed by atoms with E-state index in [-0.39, 0.29) is 5.91 Å². The molecule has 3 nitrogen and oxygen atoms in total. The van der Waals surface area contributed by atoms with Crippen molar-refractivity contribution in [3.63, 3.8) is 0 Å². The number of nitrogens with zero attached hydrogens (tertiary/aromatic N) is 1. The number of carbonyl (C=O) groups is 1. The summed E-state index contributed by atoms with van der Waals surface area (Å²) in [4.78, 5) is 14.0. The van der Waals surface area contributed by atoms with Crippen molar-refractivity contribution in [1.29, 1.82) is 0 Å². The standard InChI is InChI=1S/C13H17BrN2O/c1-3-7-16(8-4-2)13(17)11-9-10(15)5-6-12(11)14/h3,5-6,9H,1,4,7-8,15H2,2H3. The lowest BCUT2D eigenvalue weighted by Gasteiger charge is -2.21. The molecular weight excluding hydrogens is 280 g/mol. The van der Waals surface area contributed by atoms with Gasteiger partial charge in [-0.25, -0.2) is 0 Å². The second-order valence-electron chi connectivity index (χ2n) is 3.78. The maximum Gasteiger partial charge on any atom is 0.255 e. The molecule has 1 aromatic rings. The van der Waals surface area contributed by atoms with Gasteiger partial charge >= 0.3 is 0 Å². The van der Waals surface area contributed by atoms with Gasteiger partial charge in [-0.05, 0) is 40.5 Å². The van der Waals surface area contributed by atoms with E-state index in [9.17, 15) is 4.79 Å². The highest BCUT2D eigenvalue weighted by molar-refractivity contribution is 9.10. The van der Waals surface area contributed by atoms with Crippen molar-refractivity contribution in [3.05, 3.63) is 40.9 Å². The number of carbonyl (C=O) groups excluding carboxylic acids is 1. The lowest BCUT2D eigenvalue weighted by Crippen LogP contribution is -2.32. The van der Waals surface area contributed by atoms with Gasteiger partial charge in [-0.2, -0.15) is 0 Å². The minimum atomic E-state index is -0.0223. The fraction of sp³-hybridized carbons (Fsp3) is 0.308. The van der Waals surface area contributed by atoms with Gasteiger partial charge in [0.2, 0.25) is 0 Å². The number of benzene rings is 1. The lowest BCUT2D eigenvalue weighted by atomic mass is 10.1. The van der Waals surface area contributed by atoms with Crippen LogP contribution in [0.4, 0.5) is 5.69 Å². The molecule has 1 amide bonds. The normalized spacial score (nSPS) is 10.0. The van der Waals surface area contributed by atoms with Crippen LogP contribution in [-0.4, -0.2) is 23.9 Å². The number of rotatable bonds is 5. The van der Waals surface area contributed by atoms with Gasteiger partial charge in [-0.15, -0.1) is 6.58 Å². The van der Waals surface area contributed by atoms with Gasteiger partial charge in [-0.3, -0.25) is 4.79 Å². The summed E-state index contributed by atoms with van der Waals surface area (Å²) in [6.07, 6.45) is 2.65. The largest absolute Gasteiger partial charge is 0.399 e. The van der Waals surface area contributed by atoms with Crippen LogP contribution in [0.25, 0.3) is 0 Å². The molecule has 17 heavy (non-hydrogen) atoms. The summed E-state index contributed by atoms with van der Waals surface area (Å²) < 4.78 is 0.766. The van der Waals surface area contributed by atoms with E-state index in [0.717, 1.165) is 10.9 Å². The van der Waals surface area contributed by atoms with Crippen molar-refractivity contribution in [3.8, 4) is 0 Å². The van der Waals surface area contributed by atoms with Crippen LogP contribution in [0.5, 0.6) is 0 Å². The summed E-state index contributed by atoms with van der Waals surface area (Å²) in [6.45, 7) is 6.97. The first-order valence-electron chi connectivity index (χ1n) is 5.55. The van der Waals surface area contributed by atoms with Gasteiger partial charge in [0.25, 0.3) is 5.91 Å². The zero-order valence-electron chi connectivity index (χ0n) is 9.95. The predicted molar refractivity (Wildman–Crippen MR) is 74.9 cm³/mol.